The number of hydrogen-bond acceptors (Lipinski definition) is 3. The van der Waals surface area contributed by atoms with Crippen molar-refractivity contribution < 1.29 is 19.4 Å². The molecule has 1 rings (SSSR count). The maximum atomic E-state index is 10.9. The van der Waals surface area contributed by atoms with Crippen molar-refractivity contribution in [2.75, 3.05) is 14.2 Å². The van der Waals surface area contributed by atoms with E-state index in [-0.39, 0.29) is 0 Å². The molecule has 0 aliphatic carbocycles. The number of aliphatic carboxylic acids is 1. The van der Waals surface area contributed by atoms with Crippen LogP contribution in [0.1, 0.15) is 18.4 Å². The molecular formula is C11H13ClO4. The summed E-state index contributed by atoms with van der Waals surface area (Å²) in [5.74, 6) is -0.676. The molecule has 1 unspecified atom stereocenters. The molecule has 0 bridgehead atoms. The minimum absolute atomic E-state index is 0.354. The summed E-state index contributed by atoms with van der Waals surface area (Å²) in [4.78, 5) is 10.9. The number of carbonyl (C=O) groups is 1. The number of carboxylic acids is 1. The van der Waals surface area contributed by atoms with Crippen molar-refractivity contribution in [3.05, 3.63) is 22.7 Å². The molecule has 0 saturated carbocycles. The van der Waals surface area contributed by atoms with E-state index in [4.69, 9.17) is 26.2 Å². The van der Waals surface area contributed by atoms with E-state index in [1.807, 2.05) is 0 Å². The first-order valence-electron chi connectivity index (χ1n) is 4.65. The lowest BCUT2D eigenvalue weighted by Gasteiger charge is -2.13. The van der Waals surface area contributed by atoms with Gasteiger partial charge in [-0.1, -0.05) is 11.6 Å². The molecule has 0 spiro atoms. The molecule has 0 aliphatic heterocycles. The summed E-state index contributed by atoms with van der Waals surface area (Å²) in [6, 6.07) is 3.13. The van der Waals surface area contributed by atoms with Crippen molar-refractivity contribution in [2.24, 2.45) is 0 Å². The Morgan fingerprint density at radius 1 is 1.31 bits per heavy atom. The summed E-state index contributed by atoms with van der Waals surface area (Å²) in [5.41, 5.74) is 0.506. The first-order chi connectivity index (χ1) is 7.51. The van der Waals surface area contributed by atoms with E-state index in [1.165, 1.54) is 14.2 Å². The molecule has 0 aliphatic rings. The third-order valence-electron chi connectivity index (χ3n) is 2.34. The van der Waals surface area contributed by atoms with Crippen molar-refractivity contribution in [1.29, 1.82) is 0 Å². The van der Waals surface area contributed by atoms with Crippen LogP contribution in [0.3, 0.4) is 0 Å². The molecule has 0 heterocycles. The number of benzene rings is 1. The minimum Gasteiger partial charge on any atom is -0.493 e. The Balaban J connectivity index is 3.26. The van der Waals surface area contributed by atoms with Gasteiger partial charge in [0.1, 0.15) is 0 Å². The summed E-state index contributed by atoms with van der Waals surface area (Å²) >= 11 is 5.98. The smallest absolute Gasteiger partial charge is 0.310 e. The minimum atomic E-state index is -0.936. The van der Waals surface area contributed by atoms with Crippen molar-refractivity contribution in [2.45, 2.75) is 12.8 Å². The van der Waals surface area contributed by atoms with Crippen molar-refractivity contribution >= 4 is 17.6 Å². The van der Waals surface area contributed by atoms with Gasteiger partial charge in [-0.3, -0.25) is 4.79 Å². The van der Waals surface area contributed by atoms with Crippen molar-refractivity contribution in [1.82, 2.24) is 0 Å². The maximum Gasteiger partial charge on any atom is 0.310 e. The molecule has 0 saturated heterocycles. The van der Waals surface area contributed by atoms with E-state index in [0.29, 0.717) is 22.1 Å². The number of halogens is 1. The first-order valence-corrected chi connectivity index (χ1v) is 5.03. The summed E-state index contributed by atoms with van der Waals surface area (Å²) in [6.45, 7) is 1.56. The van der Waals surface area contributed by atoms with Crippen LogP contribution in [-0.2, 0) is 4.79 Å². The average molecular weight is 245 g/mol. The molecule has 0 radical (unpaired) electrons. The first kappa shape index (κ1) is 12.6. The Bertz CT molecular complexity index is 403. The monoisotopic (exact) mass is 244 g/mol. The topological polar surface area (TPSA) is 55.8 Å². The zero-order chi connectivity index (χ0) is 12.3. The Morgan fingerprint density at radius 2 is 1.81 bits per heavy atom. The second-order valence-corrected chi connectivity index (χ2v) is 3.70. The number of carboxylic acid groups (broad SMARTS) is 1. The van der Waals surface area contributed by atoms with E-state index >= 15 is 0 Å². The summed E-state index contributed by atoms with van der Waals surface area (Å²) in [6.07, 6.45) is 0. The number of hydrogen-bond donors (Lipinski definition) is 1. The Hall–Kier alpha value is -1.42. The molecule has 5 heteroatoms. The standard InChI is InChI=1S/C11H13ClO4/c1-6(11(13)14)7-4-9(15-2)10(16-3)5-8(7)12/h4-6H,1-3H3,(H,13,14). The van der Waals surface area contributed by atoms with Crippen LogP contribution >= 0.6 is 11.6 Å². The lowest BCUT2D eigenvalue weighted by Crippen LogP contribution is -2.08. The van der Waals surface area contributed by atoms with Gasteiger partial charge in [-0.15, -0.1) is 0 Å². The summed E-state index contributed by atoms with van der Waals surface area (Å²) in [5, 5.41) is 9.27. The highest BCUT2D eigenvalue weighted by atomic mass is 35.5. The van der Waals surface area contributed by atoms with Gasteiger partial charge in [0, 0.05) is 11.1 Å². The van der Waals surface area contributed by atoms with Crippen molar-refractivity contribution in [3.63, 3.8) is 0 Å². The van der Waals surface area contributed by atoms with Crippen LogP contribution in [0, 0.1) is 0 Å². The predicted octanol–water partition coefficient (Wildman–Crippen LogP) is 2.55. The summed E-state index contributed by atoms with van der Waals surface area (Å²) < 4.78 is 10.1. The molecule has 1 aromatic carbocycles. The molecule has 88 valence electrons. The van der Waals surface area contributed by atoms with Crippen molar-refractivity contribution in [3.8, 4) is 11.5 Å². The van der Waals surface area contributed by atoms with Crippen LogP contribution in [0.25, 0.3) is 0 Å². The van der Waals surface area contributed by atoms with Gasteiger partial charge in [0.2, 0.25) is 0 Å². The Morgan fingerprint density at radius 3 is 2.25 bits per heavy atom. The Kier molecular flexibility index (Phi) is 4.01. The number of rotatable bonds is 4. The maximum absolute atomic E-state index is 10.9. The van der Waals surface area contributed by atoms with E-state index < -0.39 is 11.9 Å². The van der Waals surface area contributed by atoms with E-state index in [9.17, 15) is 4.79 Å². The van der Waals surface area contributed by atoms with Crippen LogP contribution in [0.4, 0.5) is 0 Å². The fourth-order valence-corrected chi connectivity index (χ4v) is 1.65. The lowest BCUT2D eigenvalue weighted by atomic mass is 10.0. The van der Waals surface area contributed by atoms with E-state index in [2.05, 4.69) is 0 Å². The van der Waals surface area contributed by atoms with Crippen LogP contribution in [0.2, 0.25) is 5.02 Å². The van der Waals surface area contributed by atoms with Gasteiger partial charge >= 0.3 is 5.97 Å². The van der Waals surface area contributed by atoms with E-state index in [0.717, 1.165) is 0 Å². The van der Waals surface area contributed by atoms with Crippen LogP contribution in [0.15, 0.2) is 12.1 Å². The molecular weight excluding hydrogens is 232 g/mol. The molecule has 1 aromatic rings. The van der Waals surface area contributed by atoms with Gasteiger partial charge in [-0.2, -0.15) is 0 Å². The van der Waals surface area contributed by atoms with Gasteiger partial charge in [0.25, 0.3) is 0 Å². The SMILES string of the molecule is COc1cc(Cl)c(C(C)C(=O)O)cc1OC. The third-order valence-corrected chi connectivity index (χ3v) is 2.67. The highest BCUT2D eigenvalue weighted by Crippen LogP contribution is 2.36. The third kappa shape index (κ3) is 2.39. The zero-order valence-electron chi connectivity index (χ0n) is 9.28. The van der Waals surface area contributed by atoms with Crippen LogP contribution < -0.4 is 9.47 Å². The van der Waals surface area contributed by atoms with Gasteiger partial charge < -0.3 is 14.6 Å². The van der Waals surface area contributed by atoms with Gasteiger partial charge in [0.15, 0.2) is 11.5 Å². The zero-order valence-corrected chi connectivity index (χ0v) is 10.0. The largest absolute Gasteiger partial charge is 0.493 e. The second kappa shape index (κ2) is 5.07. The molecule has 1 N–H and O–H groups in total. The predicted molar refractivity (Wildman–Crippen MR) is 60.6 cm³/mol. The fraction of sp³-hybridized carbons (Fsp3) is 0.364. The highest BCUT2D eigenvalue weighted by Gasteiger charge is 2.19. The molecule has 0 fully saturated rings. The Labute approximate surface area is 98.7 Å². The van der Waals surface area contributed by atoms with Gasteiger partial charge in [0.05, 0.1) is 20.1 Å². The second-order valence-electron chi connectivity index (χ2n) is 3.29. The number of methoxy groups -OCH3 is 2. The summed E-state index contributed by atoms with van der Waals surface area (Å²) in [7, 11) is 2.98. The molecule has 4 nitrogen and oxygen atoms in total. The normalized spacial score (nSPS) is 12.0. The molecule has 1 atom stereocenters. The van der Waals surface area contributed by atoms with Crippen LogP contribution in [0.5, 0.6) is 11.5 Å². The van der Waals surface area contributed by atoms with Gasteiger partial charge in [-0.05, 0) is 18.6 Å². The molecule has 0 amide bonds. The fourth-order valence-electron chi connectivity index (χ4n) is 1.33. The lowest BCUT2D eigenvalue weighted by molar-refractivity contribution is -0.138. The van der Waals surface area contributed by atoms with Gasteiger partial charge in [-0.25, -0.2) is 0 Å². The molecule has 16 heavy (non-hydrogen) atoms. The average Bonchev–Trinajstić information content (AvgIpc) is 2.27. The molecule has 0 aromatic heterocycles. The van der Waals surface area contributed by atoms with Crippen LogP contribution in [-0.4, -0.2) is 25.3 Å². The quantitative estimate of drug-likeness (QED) is 0.884. The highest BCUT2D eigenvalue weighted by molar-refractivity contribution is 6.31. The number of ether oxygens (including phenoxy) is 2. The van der Waals surface area contributed by atoms with E-state index in [1.54, 1.807) is 19.1 Å².